The molecule has 0 radical (unpaired) electrons. The summed E-state index contributed by atoms with van der Waals surface area (Å²) in [7, 11) is 1.72. The average molecular weight is 350 g/mol. The van der Waals surface area contributed by atoms with Gasteiger partial charge in [-0.15, -0.1) is 0 Å². The number of nitrogens with zero attached hydrogens (tertiary/aromatic N) is 1. The molecule has 0 atom stereocenters. The molecule has 138 valence electrons. The van der Waals surface area contributed by atoms with E-state index in [1.165, 1.54) is 18.9 Å². The van der Waals surface area contributed by atoms with Gasteiger partial charge >= 0.3 is 6.03 Å². The standard InChI is InChI=1S/C19H27FN2O3/c1-24-14-19(8-4-5-9-19)13-21-18(23)22-10-16(11-22)25-12-15-6-2-3-7-17(15)20/h2-3,6-7,16H,4-5,8-14H2,1H3,(H,21,23). The van der Waals surface area contributed by atoms with E-state index in [-0.39, 0.29) is 30.0 Å². The van der Waals surface area contributed by atoms with E-state index in [1.807, 2.05) is 0 Å². The van der Waals surface area contributed by atoms with E-state index in [0.29, 0.717) is 31.8 Å². The lowest BCUT2D eigenvalue weighted by atomic mass is 9.87. The molecule has 0 spiro atoms. The average Bonchev–Trinajstić information content (AvgIpc) is 3.02. The summed E-state index contributed by atoms with van der Waals surface area (Å²) >= 11 is 0. The largest absolute Gasteiger partial charge is 0.384 e. The molecule has 2 aliphatic rings. The third-order valence-electron chi connectivity index (χ3n) is 5.30. The van der Waals surface area contributed by atoms with Crippen molar-refractivity contribution >= 4 is 6.03 Å². The highest BCUT2D eigenvalue weighted by atomic mass is 19.1. The summed E-state index contributed by atoms with van der Waals surface area (Å²) in [5.41, 5.74) is 0.642. The number of nitrogens with one attached hydrogen (secondary N) is 1. The molecule has 0 bridgehead atoms. The summed E-state index contributed by atoms with van der Waals surface area (Å²) in [6.07, 6.45) is 4.60. The van der Waals surface area contributed by atoms with E-state index < -0.39 is 0 Å². The van der Waals surface area contributed by atoms with Gasteiger partial charge in [0.15, 0.2) is 0 Å². The van der Waals surface area contributed by atoms with Crippen molar-refractivity contribution in [3.8, 4) is 0 Å². The molecule has 5 nitrogen and oxygen atoms in total. The molecular formula is C19H27FN2O3. The van der Waals surface area contributed by atoms with E-state index in [4.69, 9.17) is 9.47 Å². The number of hydrogen-bond donors (Lipinski definition) is 1. The van der Waals surface area contributed by atoms with Gasteiger partial charge in [-0.1, -0.05) is 31.0 Å². The number of benzene rings is 1. The number of rotatable bonds is 7. The van der Waals surface area contributed by atoms with Crippen LogP contribution in [0.2, 0.25) is 0 Å². The number of carbonyl (C=O) groups excluding carboxylic acids is 1. The van der Waals surface area contributed by atoms with Gasteiger partial charge in [-0.3, -0.25) is 0 Å². The topological polar surface area (TPSA) is 50.8 Å². The molecule has 1 saturated carbocycles. The smallest absolute Gasteiger partial charge is 0.317 e. The minimum atomic E-state index is -0.253. The highest BCUT2D eigenvalue weighted by Crippen LogP contribution is 2.37. The Kier molecular flexibility index (Phi) is 5.91. The second kappa shape index (κ2) is 8.15. The monoisotopic (exact) mass is 350 g/mol. The van der Waals surface area contributed by atoms with Crippen LogP contribution in [0.5, 0.6) is 0 Å². The van der Waals surface area contributed by atoms with E-state index in [9.17, 15) is 9.18 Å². The van der Waals surface area contributed by atoms with Crippen LogP contribution in [0.4, 0.5) is 9.18 Å². The molecule has 1 aliphatic heterocycles. The molecule has 1 saturated heterocycles. The first-order valence-electron chi connectivity index (χ1n) is 8.99. The Morgan fingerprint density at radius 2 is 2.04 bits per heavy atom. The summed E-state index contributed by atoms with van der Waals surface area (Å²) in [4.78, 5) is 14.0. The summed E-state index contributed by atoms with van der Waals surface area (Å²) in [6.45, 7) is 2.71. The van der Waals surface area contributed by atoms with Crippen molar-refractivity contribution in [2.45, 2.75) is 38.4 Å². The first kappa shape index (κ1) is 18.1. The summed E-state index contributed by atoms with van der Waals surface area (Å²) in [5.74, 6) is -0.253. The molecule has 1 aromatic rings. The first-order chi connectivity index (χ1) is 12.1. The predicted octanol–water partition coefficient (Wildman–Crippen LogP) is 2.94. The number of amides is 2. The fourth-order valence-electron chi connectivity index (χ4n) is 3.71. The van der Waals surface area contributed by atoms with Crippen LogP contribution in [-0.2, 0) is 16.1 Å². The predicted molar refractivity (Wildman–Crippen MR) is 92.7 cm³/mol. The van der Waals surface area contributed by atoms with Gasteiger partial charge in [0.25, 0.3) is 0 Å². The van der Waals surface area contributed by atoms with Crippen molar-refractivity contribution in [1.29, 1.82) is 0 Å². The lowest BCUT2D eigenvalue weighted by Crippen LogP contribution is -2.58. The van der Waals surface area contributed by atoms with Crippen molar-refractivity contribution in [3.63, 3.8) is 0 Å². The number of methoxy groups -OCH3 is 1. The lowest BCUT2D eigenvalue weighted by molar-refractivity contribution is -0.0454. The maximum Gasteiger partial charge on any atom is 0.317 e. The molecule has 0 aromatic heterocycles. The number of halogens is 1. The molecule has 3 rings (SSSR count). The van der Waals surface area contributed by atoms with E-state index in [0.717, 1.165) is 12.8 Å². The van der Waals surface area contributed by atoms with Gasteiger partial charge in [-0.05, 0) is 18.9 Å². The molecule has 2 fully saturated rings. The third kappa shape index (κ3) is 4.50. The number of carbonyl (C=O) groups is 1. The Balaban J connectivity index is 1.37. The van der Waals surface area contributed by atoms with Gasteiger partial charge in [0.1, 0.15) is 5.82 Å². The van der Waals surface area contributed by atoms with Gasteiger partial charge in [-0.25, -0.2) is 9.18 Å². The zero-order valence-electron chi connectivity index (χ0n) is 14.8. The van der Waals surface area contributed by atoms with Crippen molar-refractivity contribution < 1.29 is 18.7 Å². The van der Waals surface area contributed by atoms with Crippen LogP contribution in [0.3, 0.4) is 0 Å². The normalized spacial score (nSPS) is 19.7. The Labute approximate surface area is 148 Å². The van der Waals surface area contributed by atoms with Gasteiger partial charge < -0.3 is 19.7 Å². The third-order valence-corrected chi connectivity index (χ3v) is 5.30. The number of urea groups is 1. The van der Waals surface area contributed by atoms with Crippen LogP contribution >= 0.6 is 0 Å². The maximum atomic E-state index is 13.5. The van der Waals surface area contributed by atoms with Crippen molar-refractivity contribution in [2.24, 2.45) is 5.41 Å². The SMILES string of the molecule is COCC1(CNC(=O)N2CC(OCc3ccccc3F)C2)CCCC1. The molecule has 6 heteroatoms. The molecule has 1 N–H and O–H groups in total. The number of hydrogen-bond acceptors (Lipinski definition) is 3. The van der Waals surface area contributed by atoms with Gasteiger partial charge in [0.05, 0.1) is 32.4 Å². The first-order valence-corrected chi connectivity index (χ1v) is 8.99. The van der Waals surface area contributed by atoms with E-state index >= 15 is 0 Å². The number of ether oxygens (including phenoxy) is 2. The van der Waals surface area contributed by atoms with Crippen LogP contribution in [0.25, 0.3) is 0 Å². The molecule has 2 amide bonds. The fourth-order valence-corrected chi connectivity index (χ4v) is 3.71. The molecule has 0 unspecified atom stereocenters. The molecule has 1 heterocycles. The quantitative estimate of drug-likeness (QED) is 0.823. The molecule has 1 aliphatic carbocycles. The summed E-state index contributed by atoms with van der Waals surface area (Å²) in [5, 5.41) is 3.05. The zero-order chi connectivity index (χ0) is 17.7. The van der Waals surface area contributed by atoms with Crippen LogP contribution in [0.1, 0.15) is 31.2 Å². The minimum absolute atomic E-state index is 0.0234. The van der Waals surface area contributed by atoms with Crippen molar-refractivity contribution in [1.82, 2.24) is 10.2 Å². The van der Waals surface area contributed by atoms with Gasteiger partial charge in [0, 0.05) is 24.6 Å². The summed E-state index contributed by atoms with van der Waals surface area (Å²) < 4.78 is 24.6. The Morgan fingerprint density at radius 1 is 1.32 bits per heavy atom. The lowest BCUT2D eigenvalue weighted by Gasteiger charge is -2.39. The van der Waals surface area contributed by atoms with Crippen LogP contribution < -0.4 is 5.32 Å². The van der Waals surface area contributed by atoms with Crippen LogP contribution in [0.15, 0.2) is 24.3 Å². The van der Waals surface area contributed by atoms with Crippen molar-refractivity contribution in [2.75, 3.05) is 33.4 Å². The highest BCUT2D eigenvalue weighted by Gasteiger charge is 2.36. The minimum Gasteiger partial charge on any atom is -0.384 e. The van der Waals surface area contributed by atoms with E-state index in [1.54, 1.807) is 30.2 Å². The van der Waals surface area contributed by atoms with Gasteiger partial charge in [0.2, 0.25) is 0 Å². The molecular weight excluding hydrogens is 323 g/mol. The maximum absolute atomic E-state index is 13.5. The zero-order valence-corrected chi connectivity index (χ0v) is 14.8. The van der Waals surface area contributed by atoms with E-state index in [2.05, 4.69) is 5.32 Å². The summed E-state index contributed by atoms with van der Waals surface area (Å²) in [6, 6.07) is 6.55. The van der Waals surface area contributed by atoms with Crippen LogP contribution in [-0.4, -0.2) is 50.4 Å². The Bertz CT molecular complexity index is 584. The van der Waals surface area contributed by atoms with Crippen molar-refractivity contribution in [3.05, 3.63) is 35.6 Å². The Hall–Kier alpha value is -1.66. The molecule has 25 heavy (non-hydrogen) atoms. The van der Waals surface area contributed by atoms with Gasteiger partial charge in [-0.2, -0.15) is 0 Å². The fraction of sp³-hybridized carbons (Fsp3) is 0.632. The second-order valence-corrected chi connectivity index (χ2v) is 7.23. The highest BCUT2D eigenvalue weighted by molar-refractivity contribution is 5.75. The second-order valence-electron chi connectivity index (χ2n) is 7.23. The van der Waals surface area contributed by atoms with Crippen LogP contribution in [0, 0.1) is 11.2 Å². The molecule has 1 aromatic carbocycles. The Morgan fingerprint density at radius 3 is 2.72 bits per heavy atom. The number of likely N-dealkylation sites (tertiary alicyclic amines) is 1.